The van der Waals surface area contributed by atoms with Crippen molar-refractivity contribution in [2.75, 3.05) is 18.8 Å². The first-order chi connectivity index (χ1) is 9.17. The number of aromatic nitrogens is 1. The molecule has 0 radical (unpaired) electrons. The number of carboxylic acid groups (broad SMARTS) is 1. The minimum absolute atomic E-state index is 0.210. The van der Waals surface area contributed by atoms with Crippen molar-refractivity contribution < 1.29 is 27.9 Å². The second-order valence-electron chi connectivity index (χ2n) is 4.02. The van der Waals surface area contributed by atoms with Crippen molar-refractivity contribution in [3.8, 4) is 0 Å². The Morgan fingerprint density at radius 2 is 2.00 bits per heavy atom. The van der Waals surface area contributed by atoms with E-state index in [0.29, 0.717) is 5.69 Å². The Labute approximate surface area is 112 Å². The van der Waals surface area contributed by atoms with Gasteiger partial charge in [0.1, 0.15) is 13.1 Å². The Morgan fingerprint density at radius 3 is 2.45 bits per heavy atom. The molecule has 0 aromatic carbocycles. The number of carbonyl (C=O) groups excluding carboxylic acids is 1. The van der Waals surface area contributed by atoms with Crippen LogP contribution >= 0.6 is 0 Å². The number of hydrogen-bond acceptors (Lipinski definition) is 4. The summed E-state index contributed by atoms with van der Waals surface area (Å²) in [7, 11) is 0. The topological polar surface area (TPSA) is 96.5 Å². The molecule has 20 heavy (non-hydrogen) atoms. The van der Waals surface area contributed by atoms with Crippen molar-refractivity contribution >= 4 is 17.6 Å². The van der Waals surface area contributed by atoms with Gasteiger partial charge in [-0.2, -0.15) is 13.2 Å². The van der Waals surface area contributed by atoms with Crippen LogP contribution in [0.1, 0.15) is 5.69 Å². The number of nitrogens with zero attached hydrogens (tertiary/aromatic N) is 2. The summed E-state index contributed by atoms with van der Waals surface area (Å²) < 4.78 is 36.9. The monoisotopic (exact) mass is 291 g/mol. The Morgan fingerprint density at radius 1 is 1.35 bits per heavy atom. The molecule has 3 N–H and O–H groups in total. The van der Waals surface area contributed by atoms with Gasteiger partial charge >= 0.3 is 12.1 Å². The third-order valence-corrected chi connectivity index (χ3v) is 2.23. The van der Waals surface area contributed by atoms with Crippen LogP contribution in [0.15, 0.2) is 18.3 Å². The zero-order chi connectivity index (χ0) is 15.3. The maximum absolute atomic E-state index is 12.3. The molecule has 0 spiro atoms. The second-order valence-corrected chi connectivity index (χ2v) is 4.02. The van der Waals surface area contributed by atoms with Crippen molar-refractivity contribution in [1.29, 1.82) is 0 Å². The summed E-state index contributed by atoms with van der Waals surface area (Å²) in [4.78, 5) is 26.2. The number of hydrogen-bond donors (Lipinski definition) is 2. The first kappa shape index (κ1) is 15.7. The van der Waals surface area contributed by atoms with Crippen LogP contribution in [-0.4, -0.2) is 46.1 Å². The fourth-order valence-corrected chi connectivity index (χ4v) is 1.42. The summed E-state index contributed by atoms with van der Waals surface area (Å²) in [6, 6.07) is 2.83. The molecule has 0 aliphatic rings. The first-order valence-corrected chi connectivity index (χ1v) is 5.44. The van der Waals surface area contributed by atoms with Gasteiger partial charge in [0.15, 0.2) is 0 Å². The van der Waals surface area contributed by atoms with Crippen molar-refractivity contribution in [3.63, 3.8) is 0 Å². The summed E-state index contributed by atoms with van der Waals surface area (Å²) in [5.41, 5.74) is 5.94. The molecule has 1 aromatic heterocycles. The quantitative estimate of drug-likeness (QED) is 0.831. The molecule has 110 valence electrons. The maximum Gasteiger partial charge on any atom is 0.406 e. The lowest BCUT2D eigenvalue weighted by Gasteiger charge is -2.21. The van der Waals surface area contributed by atoms with E-state index in [9.17, 15) is 22.8 Å². The number of rotatable bonds is 5. The number of amides is 1. The van der Waals surface area contributed by atoms with Gasteiger partial charge in [0.05, 0.1) is 18.3 Å². The van der Waals surface area contributed by atoms with E-state index < -0.39 is 37.6 Å². The zero-order valence-corrected chi connectivity index (χ0v) is 10.2. The number of nitrogen functional groups attached to an aromatic ring is 1. The van der Waals surface area contributed by atoms with Crippen molar-refractivity contribution in [1.82, 2.24) is 9.88 Å². The van der Waals surface area contributed by atoms with E-state index in [0.717, 1.165) is 0 Å². The lowest BCUT2D eigenvalue weighted by molar-refractivity contribution is -0.165. The molecule has 1 heterocycles. The molecule has 9 heteroatoms. The highest BCUT2D eigenvalue weighted by Crippen LogP contribution is 2.17. The highest BCUT2D eigenvalue weighted by Gasteiger charge is 2.33. The summed E-state index contributed by atoms with van der Waals surface area (Å²) in [6.45, 7) is -2.64. The van der Waals surface area contributed by atoms with Gasteiger partial charge in [0, 0.05) is 5.69 Å². The molecule has 1 aromatic rings. The smallest absolute Gasteiger partial charge is 0.406 e. The Bertz CT molecular complexity index is 488. The van der Waals surface area contributed by atoms with E-state index in [2.05, 4.69) is 4.98 Å². The van der Waals surface area contributed by atoms with E-state index in [1.165, 1.54) is 18.3 Å². The number of carbonyl (C=O) groups is 2. The van der Waals surface area contributed by atoms with Gasteiger partial charge in [-0.1, -0.05) is 0 Å². The highest BCUT2D eigenvalue weighted by atomic mass is 19.4. The fraction of sp³-hybridized carbons (Fsp3) is 0.364. The van der Waals surface area contributed by atoms with Crippen LogP contribution in [0.5, 0.6) is 0 Å². The van der Waals surface area contributed by atoms with Gasteiger partial charge in [-0.15, -0.1) is 0 Å². The molecular formula is C11H12F3N3O3. The highest BCUT2D eigenvalue weighted by molar-refractivity contribution is 5.82. The maximum atomic E-state index is 12.3. The average molecular weight is 291 g/mol. The van der Waals surface area contributed by atoms with Crippen molar-refractivity contribution in [3.05, 3.63) is 24.0 Å². The third kappa shape index (κ3) is 5.55. The van der Waals surface area contributed by atoms with E-state index in [1.54, 1.807) is 0 Å². The lowest BCUT2D eigenvalue weighted by atomic mass is 10.2. The number of alkyl halides is 3. The minimum Gasteiger partial charge on any atom is -0.480 e. The molecule has 0 aliphatic carbocycles. The predicted molar refractivity (Wildman–Crippen MR) is 62.6 cm³/mol. The van der Waals surface area contributed by atoms with Crippen LogP contribution in [0.4, 0.5) is 18.9 Å². The number of anilines is 1. The molecule has 1 rings (SSSR count). The van der Waals surface area contributed by atoms with E-state index in [4.69, 9.17) is 10.8 Å². The molecule has 0 saturated heterocycles. The molecule has 0 bridgehead atoms. The van der Waals surface area contributed by atoms with Gasteiger partial charge in [-0.3, -0.25) is 14.6 Å². The van der Waals surface area contributed by atoms with Crippen LogP contribution in [0.3, 0.4) is 0 Å². The summed E-state index contributed by atoms with van der Waals surface area (Å²) in [6.07, 6.45) is -3.84. The Kier molecular flexibility index (Phi) is 4.89. The molecule has 0 fully saturated rings. The minimum atomic E-state index is -4.67. The first-order valence-electron chi connectivity index (χ1n) is 5.44. The SMILES string of the molecule is Nc1ccc(CC(=O)N(CC(=O)O)CC(F)(F)F)nc1. The molecule has 0 atom stereocenters. The number of halogens is 3. The predicted octanol–water partition coefficient (Wildman–Crippen LogP) is 0.682. The van der Waals surface area contributed by atoms with Crippen LogP contribution < -0.4 is 5.73 Å². The number of pyridine rings is 1. The van der Waals surface area contributed by atoms with E-state index >= 15 is 0 Å². The molecule has 0 saturated carbocycles. The summed E-state index contributed by atoms with van der Waals surface area (Å²) in [5, 5.41) is 8.54. The summed E-state index contributed by atoms with van der Waals surface area (Å²) in [5.74, 6) is -2.49. The van der Waals surface area contributed by atoms with Crippen molar-refractivity contribution in [2.45, 2.75) is 12.6 Å². The fourth-order valence-electron chi connectivity index (χ4n) is 1.42. The van der Waals surface area contributed by atoms with Crippen LogP contribution in [0, 0.1) is 0 Å². The third-order valence-electron chi connectivity index (χ3n) is 2.23. The van der Waals surface area contributed by atoms with Crippen LogP contribution in [-0.2, 0) is 16.0 Å². The molecule has 0 aliphatic heterocycles. The molecule has 0 unspecified atom stereocenters. The normalized spacial score (nSPS) is 11.2. The van der Waals surface area contributed by atoms with Crippen LogP contribution in [0.2, 0.25) is 0 Å². The summed E-state index contributed by atoms with van der Waals surface area (Å²) >= 11 is 0. The van der Waals surface area contributed by atoms with E-state index in [-0.39, 0.29) is 10.6 Å². The Hall–Kier alpha value is -2.32. The van der Waals surface area contributed by atoms with Gasteiger partial charge in [0.2, 0.25) is 5.91 Å². The van der Waals surface area contributed by atoms with Gasteiger partial charge in [0.25, 0.3) is 0 Å². The van der Waals surface area contributed by atoms with Gasteiger partial charge in [-0.25, -0.2) is 0 Å². The van der Waals surface area contributed by atoms with Gasteiger partial charge in [-0.05, 0) is 12.1 Å². The molecular weight excluding hydrogens is 279 g/mol. The largest absolute Gasteiger partial charge is 0.480 e. The second kappa shape index (κ2) is 6.22. The number of aliphatic carboxylic acids is 1. The van der Waals surface area contributed by atoms with Crippen molar-refractivity contribution in [2.24, 2.45) is 0 Å². The van der Waals surface area contributed by atoms with Crippen LogP contribution in [0.25, 0.3) is 0 Å². The Balaban J connectivity index is 2.76. The lowest BCUT2D eigenvalue weighted by Crippen LogP contribution is -2.42. The average Bonchev–Trinajstić information content (AvgIpc) is 2.29. The molecule has 6 nitrogen and oxygen atoms in total. The van der Waals surface area contributed by atoms with Gasteiger partial charge < -0.3 is 15.7 Å². The zero-order valence-electron chi connectivity index (χ0n) is 10.2. The standard InChI is InChI=1S/C11H12F3N3O3/c12-11(13,14)6-17(5-10(19)20)9(18)3-8-2-1-7(15)4-16-8/h1-2,4H,3,5-6,15H2,(H,19,20). The number of nitrogens with two attached hydrogens (primary N) is 1. The van der Waals surface area contributed by atoms with E-state index in [1.807, 2.05) is 0 Å². The molecule has 1 amide bonds. The number of carboxylic acids is 1.